The second kappa shape index (κ2) is 16.1. The summed E-state index contributed by atoms with van der Waals surface area (Å²) in [5.74, 6) is -0.818. The number of ether oxygens (including phenoxy) is 2. The lowest BCUT2D eigenvalue weighted by Crippen LogP contribution is -2.33. The molecule has 0 saturated carbocycles. The maximum Gasteiger partial charge on any atom is 0.329 e. The van der Waals surface area contributed by atoms with Gasteiger partial charge >= 0.3 is 5.97 Å². The first-order valence-electron chi connectivity index (χ1n) is 14.3. The van der Waals surface area contributed by atoms with E-state index in [2.05, 4.69) is 5.32 Å². The van der Waals surface area contributed by atoms with Crippen LogP contribution in [0.3, 0.4) is 0 Å². The number of aliphatic hydroxyl groups excluding tert-OH is 1. The van der Waals surface area contributed by atoms with Crippen molar-refractivity contribution in [1.82, 2.24) is 4.72 Å². The lowest BCUT2D eigenvalue weighted by atomic mass is 9.99. The van der Waals surface area contributed by atoms with Gasteiger partial charge in [0.1, 0.15) is 17.5 Å². The van der Waals surface area contributed by atoms with Gasteiger partial charge in [0.05, 0.1) is 24.0 Å². The second-order valence-corrected chi connectivity index (χ2v) is 12.9. The quantitative estimate of drug-likeness (QED) is 0.0663. The number of methoxy groups -OCH3 is 2. The number of amides is 1. The first-order chi connectivity index (χ1) is 22.6. The highest BCUT2D eigenvalue weighted by Crippen LogP contribution is 2.32. The number of rotatable bonds is 15. The molecule has 0 radical (unpaired) electrons. The van der Waals surface area contributed by atoms with Crippen LogP contribution in [-0.4, -0.2) is 62.9 Å². The molecule has 0 spiro atoms. The van der Waals surface area contributed by atoms with Crippen LogP contribution in [0.25, 0.3) is 11.1 Å². The third-order valence-electron chi connectivity index (χ3n) is 7.03. The topological polar surface area (TPSA) is 174 Å². The number of carbonyl (C=O) groups excluding carboxylic acids is 2. The molecule has 246 valence electrons. The van der Waals surface area contributed by atoms with E-state index >= 15 is 0 Å². The van der Waals surface area contributed by atoms with Gasteiger partial charge in [-0.3, -0.25) is 14.9 Å². The first-order valence-corrected chi connectivity index (χ1v) is 16.8. The summed E-state index contributed by atoms with van der Waals surface area (Å²) < 4.78 is 38.6. The summed E-state index contributed by atoms with van der Waals surface area (Å²) in [4.78, 5) is 36.9. The molecule has 4 aromatic carbocycles. The van der Waals surface area contributed by atoms with Gasteiger partial charge in [-0.05, 0) is 66.4 Å². The molecule has 12 nitrogen and oxygen atoms in total. The van der Waals surface area contributed by atoms with Crippen molar-refractivity contribution in [2.24, 2.45) is 0 Å². The summed E-state index contributed by atoms with van der Waals surface area (Å²) in [5, 5.41) is 23.8. The zero-order valence-electron chi connectivity index (χ0n) is 25.5. The van der Waals surface area contributed by atoms with Crippen molar-refractivity contribution < 1.29 is 37.5 Å². The van der Waals surface area contributed by atoms with E-state index in [1.165, 1.54) is 38.1 Å². The van der Waals surface area contributed by atoms with Crippen molar-refractivity contribution in [2.75, 3.05) is 31.9 Å². The zero-order chi connectivity index (χ0) is 34.0. The fraction of sp³-hybridized carbons (Fsp3) is 0.212. The fourth-order valence-electron chi connectivity index (χ4n) is 4.60. The molecule has 0 unspecified atom stereocenters. The Kier molecular flexibility index (Phi) is 11.9. The predicted octanol–water partition coefficient (Wildman–Crippen LogP) is 5.06. The van der Waals surface area contributed by atoms with Gasteiger partial charge in [-0.2, -0.15) is 0 Å². The van der Waals surface area contributed by atoms with E-state index in [0.717, 1.165) is 39.8 Å². The smallest absolute Gasteiger partial charge is 0.329 e. The summed E-state index contributed by atoms with van der Waals surface area (Å²) in [7, 11) is -1.79. The normalized spacial score (nSPS) is 11.7. The minimum Gasteiger partial charge on any atom is -0.496 e. The highest BCUT2D eigenvalue weighted by atomic mass is 32.2. The number of thioether (sulfide) groups is 1. The van der Waals surface area contributed by atoms with Gasteiger partial charge in [-0.1, -0.05) is 42.5 Å². The molecule has 47 heavy (non-hydrogen) atoms. The number of hydrogen-bond donors (Lipinski definition) is 3. The molecule has 0 fully saturated rings. The number of esters is 1. The molecule has 1 amide bonds. The molecule has 0 heterocycles. The van der Waals surface area contributed by atoms with E-state index in [1.807, 2.05) is 53.3 Å². The Bertz CT molecular complexity index is 1830. The fourth-order valence-corrected chi connectivity index (χ4v) is 6.52. The number of nitrogens with zero attached hydrogens (tertiary/aromatic N) is 1. The molecule has 0 aliphatic carbocycles. The van der Waals surface area contributed by atoms with Crippen molar-refractivity contribution in [3.63, 3.8) is 0 Å². The Morgan fingerprint density at radius 2 is 1.70 bits per heavy atom. The minimum atomic E-state index is -4.53. The number of aliphatic hydroxyl groups is 1. The minimum absolute atomic E-state index is 0.0421. The molecule has 0 aliphatic rings. The number of anilines is 1. The van der Waals surface area contributed by atoms with Gasteiger partial charge in [-0.15, -0.1) is 11.8 Å². The number of nitrogens with one attached hydrogen (secondary N) is 2. The Balaban J connectivity index is 1.50. The largest absolute Gasteiger partial charge is 0.496 e. The number of hydrogen-bond acceptors (Lipinski definition) is 11. The molecule has 0 aliphatic heterocycles. The lowest BCUT2D eigenvalue weighted by molar-refractivity contribution is -0.384. The molecular formula is C33H33N3O9S2. The van der Waals surface area contributed by atoms with Crippen LogP contribution in [0.4, 0.5) is 11.4 Å². The summed E-state index contributed by atoms with van der Waals surface area (Å²) in [6, 6.07) is 23.2. The lowest BCUT2D eigenvalue weighted by Gasteiger charge is -2.18. The van der Waals surface area contributed by atoms with Crippen LogP contribution in [0.5, 0.6) is 5.75 Å². The summed E-state index contributed by atoms with van der Waals surface area (Å²) in [6.45, 7) is 0.0784. The highest BCUT2D eigenvalue weighted by Gasteiger charge is 2.27. The Labute approximate surface area is 276 Å². The van der Waals surface area contributed by atoms with Crippen LogP contribution < -0.4 is 14.8 Å². The SMILES string of the molecule is COC(=O)[C@H](CSc1ccccc1)Nc1ccc(S(=O)(=O)NC(=O)c2ccc(-c3ccc(CCCO)cc3OC)cc2)cc1[N+](=O)[O-]. The summed E-state index contributed by atoms with van der Waals surface area (Å²) in [5.41, 5.74) is 1.81. The molecule has 0 saturated heterocycles. The zero-order valence-corrected chi connectivity index (χ0v) is 27.2. The molecular weight excluding hydrogens is 647 g/mol. The van der Waals surface area contributed by atoms with E-state index < -0.39 is 43.4 Å². The monoisotopic (exact) mass is 679 g/mol. The highest BCUT2D eigenvalue weighted by molar-refractivity contribution is 7.99. The second-order valence-electron chi connectivity index (χ2n) is 10.2. The van der Waals surface area contributed by atoms with E-state index in [4.69, 9.17) is 14.6 Å². The van der Waals surface area contributed by atoms with E-state index in [9.17, 15) is 28.1 Å². The van der Waals surface area contributed by atoms with Crippen molar-refractivity contribution in [3.8, 4) is 16.9 Å². The van der Waals surface area contributed by atoms with Gasteiger partial charge < -0.3 is 19.9 Å². The maximum atomic E-state index is 13.1. The maximum absolute atomic E-state index is 13.1. The van der Waals surface area contributed by atoms with Crippen LogP contribution in [0, 0.1) is 10.1 Å². The molecule has 3 N–H and O–H groups in total. The van der Waals surface area contributed by atoms with Gasteiger partial charge in [0.25, 0.3) is 21.6 Å². The number of carbonyl (C=O) groups is 2. The first kappa shape index (κ1) is 34.9. The molecule has 1 atom stereocenters. The number of benzene rings is 4. The van der Waals surface area contributed by atoms with Gasteiger partial charge in [0.2, 0.25) is 0 Å². The molecule has 0 bridgehead atoms. The Morgan fingerprint density at radius 3 is 2.34 bits per heavy atom. The van der Waals surface area contributed by atoms with Gasteiger partial charge in [0, 0.05) is 34.4 Å². The third kappa shape index (κ3) is 9.09. The molecule has 4 aromatic rings. The van der Waals surface area contributed by atoms with Crippen LogP contribution in [0.1, 0.15) is 22.3 Å². The van der Waals surface area contributed by atoms with E-state index in [1.54, 1.807) is 12.1 Å². The van der Waals surface area contributed by atoms with Crippen LogP contribution in [-0.2, 0) is 26.0 Å². The van der Waals surface area contributed by atoms with Crippen LogP contribution in [0.15, 0.2) is 101 Å². The Morgan fingerprint density at radius 1 is 0.979 bits per heavy atom. The summed E-state index contributed by atoms with van der Waals surface area (Å²) in [6.07, 6.45) is 1.30. The predicted molar refractivity (Wildman–Crippen MR) is 178 cm³/mol. The van der Waals surface area contributed by atoms with E-state index in [-0.39, 0.29) is 23.6 Å². The third-order valence-corrected chi connectivity index (χ3v) is 9.46. The standard InChI is InChI=1S/C33H33N3O9S2/c1-44-31-19-22(7-6-18-37)10-16-27(31)23-11-13-24(14-12-23)32(38)35-47(42,43)26-15-17-28(30(20-26)36(40)41)34-29(33(39)45-2)21-46-25-8-4-3-5-9-25/h3-5,8-17,19-20,29,34,37H,6-7,18,21H2,1-2H3,(H,35,38)/t29-/m0/s1. The summed E-state index contributed by atoms with van der Waals surface area (Å²) >= 11 is 1.33. The van der Waals surface area contributed by atoms with Crippen molar-refractivity contribution in [2.45, 2.75) is 28.7 Å². The van der Waals surface area contributed by atoms with Gasteiger partial charge in [0.15, 0.2) is 0 Å². The Hall–Kier alpha value is -4.92. The number of nitro groups is 1. The number of aryl methyl sites for hydroxylation is 1. The average Bonchev–Trinajstić information content (AvgIpc) is 3.08. The number of nitro benzene ring substituents is 1. The van der Waals surface area contributed by atoms with Gasteiger partial charge in [-0.25, -0.2) is 17.9 Å². The molecule has 4 rings (SSSR count). The molecule has 14 heteroatoms. The van der Waals surface area contributed by atoms with Crippen molar-refractivity contribution in [3.05, 3.63) is 112 Å². The van der Waals surface area contributed by atoms with Crippen LogP contribution >= 0.6 is 11.8 Å². The average molecular weight is 680 g/mol. The molecule has 0 aromatic heterocycles. The van der Waals surface area contributed by atoms with Crippen LogP contribution in [0.2, 0.25) is 0 Å². The number of sulfonamides is 1. The van der Waals surface area contributed by atoms with E-state index in [0.29, 0.717) is 18.6 Å². The van der Waals surface area contributed by atoms with Crippen molar-refractivity contribution >= 4 is 45.0 Å². The van der Waals surface area contributed by atoms with Crippen molar-refractivity contribution in [1.29, 1.82) is 0 Å².